The van der Waals surface area contributed by atoms with E-state index in [0.29, 0.717) is 0 Å². The fraction of sp³-hybridized carbons (Fsp3) is 0. The van der Waals surface area contributed by atoms with Gasteiger partial charge in [-0.05, 0) is 12.2 Å². The molecule has 1 aliphatic rings. The van der Waals surface area contributed by atoms with Gasteiger partial charge in [-0.1, -0.05) is 6.58 Å². The van der Waals surface area contributed by atoms with E-state index in [4.69, 9.17) is 0 Å². The standard InChI is InChI=1S/C5H5N.B/c1-5-3-2-4-6-5;/h2-4H,1H2;. The van der Waals surface area contributed by atoms with E-state index in [1.807, 2.05) is 12.2 Å². The first-order chi connectivity index (χ1) is 2.89. The minimum atomic E-state index is 0. The molecular weight excluding hydrogens is 84.9 g/mol. The number of hydrogen-bond acceptors (Lipinski definition) is 1. The van der Waals surface area contributed by atoms with E-state index in [-0.39, 0.29) is 8.41 Å². The van der Waals surface area contributed by atoms with Crippen LogP contribution in [0.4, 0.5) is 0 Å². The normalized spacial score (nSPS) is 14.6. The van der Waals surface area contributed by atoms with E-state index in [1.54, 1.807) is 6.21 Å². The molecule has 0 spiro atoms. The summed E-state index contributed by atoms with van der Waals surface area (Å²) >= 11 is 0. The first kappa shape index (κ1) is 6.21. The lowest BCUT2D eigenvalue weighted by Gasteiger charge is -1.71. The fourth-order valence-corrected chi connectivity index (χ4v) is 0.336. The van der Waals surface area contributed by atoms with Crippen LogP contribution in [0.5, 0.6) is 0 Å². The zero-order valence-electron chi connectivity index (χ0n) is 3.96. The number of aliphatic imine (C=N–C) groups is 1. The molecule has 33 valence electrons. The Labute approximate surface area is 45.0 Å². The van der Waals surface area contributed by atoms with Gasteiger partial charge in [0.2, 0.25) is 0 Å². The van der Waals surface area contributed by atoms with Gasteiger partial charge in [0, 0.05) is 14.6 Å². The lowest BCUT2D eigenvalue weighted by molar-refractivity contribution is 1.50. The second-order valence-electron chi connectivity index (χ2n) is 1.13. The van der Waals surface area contributed by atoms with Crippen LogP contribution < -0.4 is 0 Å². The quantitative estimate of drug-likeness (QED) is 0.389. The average Bonchev–Trinajstić information content (AvgIpc) is 1.86. The summed E-state index contributed by atoms with van der Waals surface area (Å²) in [6.45, 7) is 3.57. The predicted octanol–water partition coefficient (Wildman–Crippen LogP) is 0.760. The highest BCUT2D eigenvalue weighted by Crippen LogP contribution is 1.97. The summed E-state index contributed by atoms with van der Waals surface area (Å²) in [5, 5.41) is 0. The molecule has 0 aromatic heterocycles. The van der Waals surface area contributed by atoms with Gasteiger partial charge in [0.05, 0.1) is 5.70 Å². The topological polar surface area (TPSA) is 12.4 Å². The van der Waals surface area contributed by atoms with Crippen LogP contribution in [0.3, 0.4) is 0 Å². The van der Waals surface area contributed by atoms with Crippen molar-refractivity contribution in [3.05, 3.63) is 24.4 Å². The Morgan fingerprint density at radius 1 is 1.57 bits per heavy atom. The molecule has 0 aliphatic carbocycles. The van der Waals surface area contributed by atoms with Gasteiger partial charge >= 0.3 is 0 Å². The SMILES string of the molecule is C=C1C=CC=N1.[B]. The smallest absolute Gasteiger partial charge is 0.0558 e. The van der Waals surface area contributed by atoms with Gasteiger partial charge < -0.3 is 0 Å². The Balaban J connectivity index is 0.000000360. The average molecular weight is 89.9 g/mol. The highest BCUT2D eigenvalue weighted by molar-refractivity contribution is 5.76. The highest BCUT2D eigenvalue weighted by atomic mass is 14.7. The lowest BCUT2D eigenvalue weighted by Crippen LogP contribution is -1.51. The van der Waals surface area contributed by atoms with Crippen LogP contribution in [0.1, 0.15) is 0 Å². The van der Waals surface area contributed by atoms with Crippen LogP contribution in [0.25, 0.3) is 0 Å². The second-order valence-corrected chi connectivity index (χ2v) is 1.13. The lowest BCUT2D eigenvalue weighted by atomic mass is 10.5. The fourth-order valence-electron chi connectivity index (χ4n) is 0.336. The van der Waals surface area contributed by atoms with Gasteiger partial charge in [0.25, 0.3) is 0 Å². The van der Waals surface area contributed by atoms with E-state index in [0.717, 1.165) is 5.70 Å². The molecule has 1 nitrogen and oxygen atoms in total. The molecule has 0 saturated carbocycles. The molecule has 0 N–H and O–H groups in total. The van der Waals surface area contributed by atoms with Crippen molar-refractivity contribution in [2.75, 3.05) is 0 Å². The van der Waals surface area contributed by atoms with Gasteiger partial charge in [0.1, 0.15) is 0 Å². The zero-order chi connectivity index (χ0) is 4.41. The van der Waals surface area contributed by atoms with E-state index in [1.165, 1.54) is 0 Å². The Hall–Kier alpha value is -0.785. The molecule has 1 rings (SSSR count). The van der Waals surface area contributed by atoms with Crippen LogP contribution in [0, 0.1) is 0 Å². The van der Waals surface area contributed by atoms with Crippen LogP contribution >= 0.6 is 0 Å². The Kier molecular flexibility index (Phi) is 2.13. The minimum Gasteiger partial charge on any atom is -0.258 e. The molecule has 0 bridgehead atoms. The maximum Gasteiger partial charge on any atom is 0.0558 e. The first-order valence-electron chi connectivity index (χ1n) is 1.79. The molecule has 1 aliphatic heterocycles. The van der Waals surface area contributed by atoms with E-state index in [9.17, 15) is 0 Å². The molecule has 0 fully saturated rings. The molecule has 1 heterocycles. The third-order valence-electron chi connectivity index (χ3n) is 0.615. The van der Waals surface area contributed by atoms with Gasteiger partial charge in [-0.3, -0.25) is 4.99 Å². The van der Waals surface area contributed by atoms with Crippen LogP contribution in [0.2, 0.25) is 0 Å². The van der Waals surface area contributed by atoms with Gasteiger partial charge in [-0.2, -0.15) is 0 Å². The summed E-state index contributed by atoms with van der Waals surface area (Å²) in [6, 6.07) is 0. The summed E-state index contributed by atoms with van der Waals surface area (Å²) in [7, 11) is 0. The minimum absolute atomic E-state index is 0. The Morgan fingerprint density at radius 2 is 2.29 bits per heavy atom. The number of hydrogen-bond donors (Lipinski definition) is 0. The van der Waals surface area contributed by atoms with Gasteiger partial charge in [-0.25, -0.2) is 0 Å². The molecule has 2 heteroatoms. The maximum absolute atomic E-state index is 3.81. The van der Waals surface area contributed by atoms with E-state index in [2.05, 4.69) is 11.6 Å². The van der Waals surface area contributed by atoms with Gasteiger partial charge in [0.15, 0.2) is 0 Å². The van der Waals surface area contributed by atoms with Gasteiger partial charge in [-0.15, -0.1) is 0 Å². The third-order valence-corrected chi connectivity index (χ3v) is 0.615. The summed E-state index contributed by atoms with van der Waals surface area (Å²) in [5.74, 6) is 0. The van der Waals surface area contributed by atoms with Crippen molar-refractivity contribution in [3.8, 4) is 0 Å². The molecule has 0 aromatic rings. The molecule has 0 aromatic carbocycles. The predicted molar refractivity (Wildman–Crippen MR) is 32.5 cm³/mol. The van der Waals surface area contributed by atoms with Crippen molar-refractivity contribution in [2.45, 2.75) is 0 Å². The number of allylic oxidation sites excluding steroid dienone is 2. The monoisotopic (exact) mass is 90.1 g/mol. The molecule has 0 unspecified atom stereocenters. The van der Waals surface area contributed by atoms with E-state index >= 15 is 0 Å². The summed E-state index contributed by atoms with van der Waals surface area (Å²) < 4.78 is 0. The molecule has 0 amide bonds. The van der Waals surface area contributed by atoms with Crippen molar-refractivity contribution in [1.29, 1.82) is 0 Å². The molecule has 3 radical (unpaired) electrons. The summed E-state index contributed by atoms with van der Waals surface area (Å²) in [4.78, 5) is 3.81. The van der Waals surface area contributed by atoms with Crippen molar-refractivity contribution >= 4 is 14.6 Å². The number of nitrogens with zero attached hydrogens (tertiary/aromatic N) is 1. The molecule has 0 saturated heterocycles. The van der Waals surface area contributed by atoms with Crippen molar-refractivity contribution in [2.24, 2.45) is 4.99 Å². The highest BCUT2D eigenvalue weighted by Gasteiger charge is 1.81. The van der Waals surface area contributed by atoms with Crippen molar-refractivity contribution in [3.63, 3.8) is 0 Å². The zero-order valence-corrected chi connectivity index (χ0v) is 3.96. The van der Waals surface area contributed by atoms with Crippen molar-refractivity contribution in [1.82, 2.24) is 0 Å². The second kappa shape index (κ2) is 2.40. The third kappa shape index (κ3) is 1.40. The first-order valence-corrected chi connectivity index (χ1v) is 1.79. The van der Waals surface area contributed by atoms with Crippen LogP contribution in [-0.2, 0) is 0 Å². The van der Waals surface area contributed by atoms with Crippen LogP contribution in [0.15, 0.2) is 29.4 Å². The van der Waals surface area contributed by atoms with Crippen molar-refractivity contribution < 1.29 is 0 Å². The molecule has 7 heavy (non-hydrogen) atoms. The Morgan fingerprint density at radius 3 is 2.43 bits per heavy atom. The van der Waals surface area contributed by atoms with E-state index < -0.39 is 0 Å². The molecular formula is C5H5BN. The number of rotatable bonds is 0. The summed E-state index contributed by atoms with van der Waals surface area (Å²) in [5.41, 5.74) is 0.843. The van der Waals surface area contributed by atoms with Crippen LogP contribution in [-0.4, -0.2) is 14.6 Å². The maximum atomic E-state index is 3.81. The largest absolute Gasteiger partial charge is 0.258 e. The molecule has 0 atom stereocenters. The Bertz CT molecular complexity index is 110. The summed E-state index contributed by atoms with van der Waals surface area (Å²) in [6.07, 6.45) is 5.45.